The number of nitrogens with one attached hydrogen (secondary N) is 1. The fourth-order valence-electron chi connectivity index (χ4n) is 1.63. The van der Waals surface area contributed by atoms with Gasteiger partial charge in [-0.1, -0.05) is 6.07 Å². The molecule has 1 N–H and O–H groups in total. The molecular weight excluding hydrogens is 280 g/mol. The van der Waals surface area contributed by atoms with Gasteiger partial charge in [0.25, 0.3) is 5.91 Å². The lowest BCUT2D eigenvalue weighted by atomic mass is 10.4. The second-order valence-electron chi connectivity index (χ2n) is 3.81. The lowest BCUT2D eigenvalue weighted by Gasteiger charge is -2.01. The van der Waals surface area contributed by atoms with Gasteiger partial charge in [-0.15, -0.1) is 22.7 Å². The van der Waals surface area contributed by atoms with E-state index >= 15 is 0 Å². The average Bonchev–Trinajstić information content (AvgIpc) is 3.07. The van der Waals surface area contributed by atoms with Crippen molar-refractivity contribution in [2.75, 3.05) is 5.32 Å². The molecule has 3 heterocycles. The highest BCUT2D eigenvalue weighted by molar-refractivity contribution is 7.16. The normalized spacial score (nSPS) is 10.6. The lowest BCUT2D eigenvalue weighted by Crippen LogP contribution is -2.15. The van der Waals surface area contributed by atoms with Crippen molar-refractivity contribution >= 4 is 33.7 Å². The summed E-state index contributed by atoms with van der Waals surface area (Å²) >= 11 is 3.04. The van der Waals surface area contributed by atoms with Crippen molar-refractivity contribution < 1.29 is 4.79 Å². The van der Waals surface area contributed by atoms with Crippen molar-refractivity contribution in [3.8, 4) is 10.6 Å². The number of anilines is 1. The van der Waals surface area contributed by atoms with Crippen molar-refractivity contribution in [2.45, 2.75) is 0 Å². The first-order chi connectivity index (χ1) is 9.24. The number of aryl methyl sites for hydroxylation is 1. The number of carbonyl (C=O) groups excluding carboxylic acids is 1. The molecule has 96 valence electrons. The number of amides is 1. The van der Waals surface area contributed by atoms with E-state index in [4.69, 9.17) is 0 Å². The molecule has 0 bridgehead atoms. The zero-order valence-corrected chi connectivity index (χ0v) is 11.7. The fraction of sp³-hybridized carbons (Fsp3) is 0.0833. The van der Waals surface area contributed by atoms with Crippen LogP contribution in [-0.2, 0) is 7.05 Å². The Kier molecular flexibility index (Phi) is 3.14. The summed E-state index contributed by atoms with van der Waals surface area (Å²) in [5.74, 6) is -0.202. The van der Waals surface area contributed by atoms with Crippen LogP contribution >= 0.6 is 22.7 Å². The molecular formula is C12H10N4OS2. The van der Waals surface area contributed by atoms with Gasteiger partial charge in [0.1, 0.15) is 5.69 Å². The molecule has 3 rings (SSSR count). The Morgan fingerprint density at radius 3 is 2.95 bits per heavy atom. The van der Waals surface area contributed by atoms with Gasteiger partial charge in [-0.05, 0) is 17.5 Å². The molecule has 3 aromatic heterocycles. The van der Waals surface area contributed by atoms with Gasteiger partial charge in [0.2, 0.25) is 0 Å². The fourth-order valence-corrected chi connectivity index (χ4v) is 3.09. The van der Waals surface area contributed by atoms with E-state index in [9.17, 15) is 4.79 Å². The number of thiophene rings is 1. The number of rotatable bonds is 3. The van der Waals surface area contributed by atoms with Crippen molar-refractivity contribution in [3.63, 3.8) is 0 Å². The molecule has 0 aliphatic heterocycles. The maximum Gasteiger partial charge on any atom is 0.275 e. The molecule has 0 fully saturated rings. The van der Waals surface area contributed by atoms with Gasteiger partial charge in [0.15, 0.2) is 5.13 Å². The van der Waals surface area contributed by atoms with E-state index in [0.717, 1.165) is 10.6 Å². The molecule has 19 heavy (non-hydrogen) atoms. The first kappa shape index (κ1) is 12.1. The van der Waals surface area contributed by atoms with E-state index in [1.807, 2.05) is 22.9 Å². The number of carbonyl (C=O) groups is 1. The molecule has 1 amide bonds. The minimum absolute atomic E-state index is 0.202. The van der Waals surface area contributed by atoms with Crippen LogP contribution in [0.25, 0.3) is 10.6 Å². The summed E-state index contributed by atoms with van der Waals surface area (Å²) in [5.41, 5.74) is 1.40. The molecule has 0 atom stereocenters. The highest BCUT2D eigenvalue weighted by Gasteiger charge is 2.12. The van der Waals surface area contributed by atoms with E-state index in [0.29, 0.717) is 10.8 Å². The first-order valence-corrected chi connectivity index (χ1v) is 7.29. The summed E-state index contributed by atoms with van der Waals surface area (Å²) in [5, 5.41) is 11.3. The van der Waals surface area contributed by atoms with Gasteiger partial charge in [0, 0.05) is 18.6 Å². The van der Waals surface area contributed by atoms with Crippen LogP contribution in [0.4, 0.5) is 5.13 Å². The molecule has 5 nitrogen and oxygen atoms in total. The second kappa shape index (κ2) is 4.94. The molecule has 0 spiro atoms. The van der Waals surface area contributed by atoms with Gasteiger partial charge in [-0.2, -0.15) is 5.10 Å². The number of thiazole rings is 1. The average molecular weight is 290 g/mol. The highest BCUT2D eigenvalue weighted by atomic mass is 32.1. The standard InChI is InChI=1S/C12H10N4OS2/c1-16-9(4-5-13-16)11(17)15-12-14-8(7-19-12)10-3-2-6-18-10/h2-7H,1H3,(H,14,15,17). The van der Waals surface area contributed by atoms with Crippen LogP contribution in [-0.4, -0.2) is 20.7 Å². The predicted molar refractivity (Wildman–Crippen MR) is 76.6 cm³/mol. The number of nitrogens with zero attached hydrogens (tertiary/aromatic N) is 3. The maximum atomic E-state index is 12.0. The van der Waals surface area contributed by atoms with Gasteiger partial charge >= 0.3 is 0 Å². The minimum Gasteiger partial charge on any atom is -0.296 e. The van der Waals surface area contributed by atoms with E-state index in [-0.39, 0.29) is 5.91 Å². The van der Waals surface area contributed by atoms with Crippen molar-refractivity contribution in [1.82, 2.24) is 14.8 Å². The molecule has 0 aromatic carbocycles. The molecule has 0 radical (unpaired) electrons. The van der Waals surface area contributed by atoms with Crippen LogP contribution in [0.2, 0.25) is 0 Å². The first-order valence-electron chi connectivity index (χ1n) is 5.53. The van der Waals surface area contributed by atoms with Gasteiger partial charge in [-0.25, -0.2) is 4.98 Å². The topological polar surface area (TPSA) is 59.8 Å². The third kappa shape index (κ3) is 2.42. The lowest BCUT2D eigenvalue weighted by molar-refractivity contribution is 0.101. The largest absolute Gasteiger partial charge is 0.296 e. The quantitative estimate of drug-likeness (QED) is 0.807. The highest BCUT2D eigenvalue weighted by Crippen LogP contribution is 2.28. The summed E-state index contributed by atoms with van der Waals surface area (Å²) < 4.78 is 1.53. The summed E-state index contributed by atoms with van der Waals surface area (Å²) in [7, 11) is 1.73. The Balaban J connectivity index is 1.78. The van der Waals surface area contributed by atoms with E-state index < -0.39 is 0 Å². The van der Waals surface area contributed by atoms with Gasteiger partial charge < -0.3 is 0 Å². The van der Waals surface area contributed by atoms with Crippen LogP contribution in [0.5, 0.6) is 0 Å². The van der Waals surface area contributed by atoms with Crippen molar-refractivity contribution in [1.29, 1.82) is 0 Å². The van der Waals surface area contributed by atoms with Crippen LogP contribution in [0.15, 0.2) is 35.2 Å². The smallest absolute Gasteiger partial charge is 0.275 e. The number of hydrogen-bond donors (Lipinski definition) is 1. The minimum atomic E-state index is -0.202. The Bertz CT molecular complexity index is 699. The van der Waals surface area contributed by atoms with Crippen molar-refractivity contribution in [3.05, 3.63) is 40.8 Å². The third-order valence-electron chi connectivity index (χ3n) is 2.55. The molecule has 7 heteroatoms. The van der Waals surface area contributed by atoms with Crippen molar-refractivity contribution in [2.24, 2.45) is 7.05 Å². The van der Waals surface area contributed by atoms with Gasteiger partial charge in [-0.3, -0.25) is 14.8 Å². The Morgan fingerprint density at radius 2 is 2.26 bits per heavy atom. The molecule has 0 saturated heterocycles. The maximum absolute atomic E-state index is 12.0. The van der Waals surface area contributed by atoms with E-state index in [1.165, 1.54) is 16.0 Å². The number of hydrogen-bond acceptors (Lipinski definition) is 5. The van der Waals surface area contributed by atoms with Gasteiger partial charge in [0.05, 0.1) is 10.6 Å². The van der Waals surface area contributed by atoms with E-state index in [1.54, 1.807) is 30.6 Å². The Morgan fingerprint density at radius 1 is 1.37 bits per heavy atom. The zero-order chi connectivity index (χ0) is 13.2. The van der Waals surface area contributed by atoms with Crippen LogP contribution in [0.3, 0.4) is 0 Å². The molecule has 0 saturated carbocycles. The number of aromatic nitrogens is 3. The van der Waals surface area contributed by atoms with Crippen LogP contribution in [0, 0.1) is 0 Å². The molecule has 3 aromatic rings. The molecule has 0 aliphatic carbocycles. The SMILES string of the molecule is Cn1nccc1C(=O)Nc1nc(-c2cccs2)cs1. The summed E-state index contributed by atoms with van der Waals surface area (Å²) in [6.07, 6.45) is 1.59. The third-order valence-corrected chi connectivity index (χ3v) is 4.20. The monoisotopic (exact) mass is 290 g/mol. The molecule has 0 aliphatic rings. The summed E-state index contributed by atoms with van der Waals surface area (Å²) in [4.78, 5) is 17.5. The van der Waals surface area contributed by atoms with Crippen LogP contribution < -0.4 is 5.32 Å². The summed E-state index contributed by atoms with van der Waals surface area (Å²) in [6, 6.07) is 5.66. The van der Waals surface area contributed by atoms with E-state index in [2.05, 4.69) is 15.4 Å². The zero-order valence-electron chi connectivity index (χ0n) is 10.0. The van der Waals surface area contributed by atoms with Crippen LogP contribution in [0.1, 0.15) is 10.5 Å². The summed E-state index contributed by atoms with van der Waals surface area (Å²) in [6.45, 7) is 0. The Labute approximate surface area is 117 Å². The second-order valence-corrected chi connectivity index (χ2v) is 5.62. The predicted octanol–water partition coefficient (Wildman–Crippen LogP) is 2.86. The molecule has 0 unspecified atom stereocenters. The Hall–Kier alpha value is -1.99.